The highest BCUT2D eigenvalue weighted by Crippen LogP contribution is 2.22. The van der Waals surface area contributed by atoms with Gasteiger partial charge < -0.3 is 10.1 Å². The van der Waals surface area contributed by atoms with E-state index in [2.05, 4.69) is 10.6 Å². The predicted molar refractivity (Wildman–Crippen MR) is 68.9 cm³/mol. The summed E-state index contributed by atoms with van der Waals surface area (Å²) < 4.78 is 5.46. The number of urea groups is 1. The maximum atomic E-state index is 11.6. The minimum atomic E-state index is -0.776. The Bertz CT molecular complexity index is 463. The normalized spacial score (nSPS) is 11.6. The summed E-state index contributed by atoms with van der Waals surface area (Å²) in [5.41, 5.74) is 0.821. The molecular weight excluding hydrogens is 256 g/mol. The Kier molecular flexibility index (Phi) is 4.97. The van der Waals surface area contributed by atoms with E-state index in [1.807, 2.05) is 6.92 Å². The van der Waals surface area contributed by atoms with Gasteiger partial charge in [0.15, 0.2) is 6.10 Å². The Labute approximate surface area is 110 Å². The predicted octanol–water partition coefficient (Wildman–Crippen LogP) is 1.87. The summed E-state index contributed by atoms with van der Waals surface area (Å²) in [6, 6.07) is 4.53. The van der Waals surface area contributed by atoms with Crippen molar-refractivity contribution in [3.05, 3.63) is 28.8 Å². The summed E-state index contributed by atoms with van der Waals surface area (Å²) in [6.07, 6.45) is -0.776. The first-order chi connectivity index (χ1) is 8.43. The molecule has 98 valence electrons. The van der Waals surface area contributed by atoms with Crippen LogP contribution in [0.1, 0.15) is 12.5 Å². The highest BCUT2D eigenvalue weighted by atomic mass is 35.5. The average molecular weight is 271 g/mol. The quantitative estimate of drug-likeness (QED) is 0.881. The molecule has 1 atom stereocenters. The molecule has 6 heteroatoms. The van der Waals surface area contributed by atoms with E-state index in [0.717, 1.165) is 5.56 Å². The van der Waals surface area contributed by atoms with Crippen molar-refractivity contribution in [1.82, 2.24) is 10.6 Å². The minimum absolute atomic E-state index is 0.510. The summed E-state index contributed by atoms with van der Waals surface area (Å²) in [4.78, 5) is 22.5. The fraction of sp³-hybridized carbons (Fsp3) is 0.333. The van der Waals surface area contributed by atoms with Crippen molar-refractivity contribution >= 4 is 23.5 Å². The van der Waals surface area contributed by atoms with Crippen molar-refractivity contribution in [2.75, 3.05) is 7.05 Å². The molecule has 0 aliphatic rings. The number of ether oxygens (including phenoxy) is 1. The number of aryl methyl sites for hydroxylation is 1. The summed E-state index contributed by atoms with van der Waals surface area (Å²) in [5, 5.41) is 5.03. The van der Waals surface area contributed by atoms with E-state index in [-0.39, 0.29) is 0 Å². The molecule has 0 bridgehead atoms. The fourth-order valence-corrected chi connectivity index (χ4v) is 1.49. The molecule has 0 heterocycles. The molecule has 1 aromatic carbocycles. The second-order valence-electron chi connectivity index (χ2n) is 3.74. The Morgan fingerprint density at radius 1 is 1.39 bits per heavy atom. The van der Waals surface area contributed by atoms with Crippen LogP contribution in [0.4, 0.5) is 4.79 Å². The molecule has 0 radical (unpaired) electrons. The molecule has 5 nitrogen and oxygen atoms in total. The monoisotopic (exact) mass is 270 g/mol. The number of hydrogen-bond acceptors (Lipinski definition) is 3. The number of hydrogen-bond donors (Lipinski definition) is 2. The van der Waals surface area contributed by atoms with Crippen LogP contribution in [0.15, 0.2) is 18.2 Å². The third-order valence-electron chi connectivity index (χ3n) is 2.27. The van der Waals surface area contributed by atoms with Gasteiger partial charge in [-0.3, -0.25) is 10.1 Å². The summed E-state index contributed by atoms with van der Waals surface area (Å²) in [5.74, 6) is 0.0441. The number of imide groups is 1. The van der Waals surface area contributed by atoms with Gasteiger partial charge >= 0.3 is 6.03 Å². The summed E-state index contributed by atoms with van der Waals surface area (Å²) >= 11 is 5.82. The molecule has 1 rings (SSSR count). The zero-order valence-corrected chi connectivity index (χ0v) is 11.2. The number of amides is 3. The molecule has 0 fully saturated rings. The van der Waals surface area contributed by atoms with Crippen molar-refractivity contribution in [1.29, 1.82) is 0 Å². The Morgan fingerprint density at radius 3 is 2.61 bits per heavy atom. The first-order valence-electron chi connectivity index (χ1n) is 5.39. The average Bonchev–Trinajstić information content (AvgIpc) is 2.32. The SMILES string of the molecule is CNC(=O)NC(=O)[C@@H](C)Oc1ccc(Cl)cc1C. The molecule has 0 saturated heterocycles. The minimum Gasteiger partial charge on any atom is -0.481 e. The van der Waals surface area contributed by atoms with Gasteiger partial charge in [0.25, 0.3) is 5.91 Å². The molecule has 0 spiro atoms. The smallest absolute Gasteiger partial charge is 0.321 e. The third kappa shape index (κ3) is 3.92. The lowest BCUT2D eigenvalue weighted by molar-refractivity contribution is -0.126. The molecule has 1 aromatic rings. The second kappa shape index (κ2) is 6.26. The first kappa shape index (κ1) is 14.3. The van der Waals surface area contributed by atoms with Gasteiger partial charge in [-0.2, -0.15) is 0 Å². The lowest BCUT2D eigenvalue weighted by atomic mass is 10.2. The maximum absolute atomic E-state index is 11.6. The summed E-state index contributed by atoms with van der Waals surface area (Å²) in [7, 11) is 1.43. The molecule has 18 heavy (non-hydrogen) atoms. The topological polar surface area (TPSA) is 67.4 Å². The van der Waals surface area contributed by atoms with Gasteiger partial charge in [-0.25, -0.2) is 4.79 Å². The number of carbonyl (C=O) groups is 2. The van der Waals surface area contributed by atoms with Gasteiger partial charge in [-0.05, 0) is 37.6 Å². The van der Waals surface area contributed by atoms with Crippen molar-refractivity contribution in [3.63, 3.8) is 0 Å². The van der Waals surface area contributed by atoms with Crippen LogP contribution in [-0.4, -0.2) is 25.1 Å². The zero-order valence-electron chi connectivity index (χ0n) is 10.4. The van der Waals surface area contributed by atoms with Gasteiger partial charge in [-0.15, -0.1) is 0 Å². The number of nitrogens with one attached hydrogen (secondary N) is 2. The van der Waals surface area contributed by atoms with Crippen LogP contribution >= 0.6 is 11.6 Å². The van der Waals surface area contributed by atoms with Crippen LogP contribution in [0, 0.1) is 6.92 Å². The van der Waals surface area contributed by atoms with E-state index >= 15 is 0 Å². The molecule has 2 N–H and O–H groups in total. The highest BCUT2D eigenvalue weighted by Gasteiger charge is 2.17. The molecule has 0 aromatic heterocycles. The van der Waals surface area contributed by atoms with E-state index in [1.165, 1.54) is 7.05 Å². The van der Waals surface area contributed by atoms with Crippen molar-refractivity contribution in [2.45, 2.75) is 20.0 Å². The number of rotatable bonds is 3. The Morgan fingerprint density at radius 2 is 2.06 bits per heavy atom. The molecule has 0 saturated carbocycles. The number of benzene rings is 1. The van der Waals surface area contributed by atoms with Crippen LogP contribution < -0.4 is 15.4 Å². The maximum Gasteiger partial charge on any atom is 0.321 e. The molecule has 0 aliphatic carbocycles. The van der Waals surface area contributed by atoms with E-state index in [0.29, 0.717) is 10.8 Å². The van der Waals surface area contributed by atoms with E-state index in [1.54, 1.807) is 25.1 Å². The van der Waals surface area contributed by atoms with Gasteiger partial charge in [-0.1, -0.05) is 11.6 Å². The lowest BCUT2D eigenvalue weighted by Gasteiger charge is -2.15. The molecular formula is C12H15ClN2O3. The molecule has 0 unspecified atom stereocenters. The van der Waals surface area contributed by atoms with E-state index < -0.39 is 18.0 Å². The van der Waals surface area contributed by atoms with Gasteiger partial charge in [0.05, 0.1) is 0 Å². The van der Waals surface area contributed by atoms with Crippen molar-refractivity contribution < 1.29 is 14.3 Å². The van der Waals surface area contributed by atoms with Crippen LogP contribution in [0.25, 0.3) is 0 Å². The Hall–Kier alpha value is -1.75. The van der Waals surface area contributed by atoms with Crippen LogP contribution in [0.2, 0.25) is 5.02 Å². The standard InChI is InChI=1S/C12H15ClN2O3/c1-7-6-9(13)4-5-10(7)18-8(2)11(16)15-12(17)14-3/h4-6,8H,1-3H3,(H2,14,15,16,17)/t8-/m1/s1. The van der Waals surface area contributed by atoms with Crippen LogP contribution in [-0.2, 0) is 4.79 Å². The van der Waals surface area contributed by atoms with Gasteiger partial charge in [0, 0.05) is 12.1 Å². The second-order valence-corrected chi connectivity index (χ2v) is 4.17. The van der Waals surface area contributed by atoms with Crippen LogP contribution in [0.3, 0.4) is 0 Å². The first-order valence-corrected chi connectivity index (χ1v) is 5.77. The molecule has 0 aliphatic heterocycles. The van der Waals surface area contributed by atoms with Gasteiger partial charge in [0.1, 0.15) is 5.75 Å². The zero-order chi connectivity index (χ0) is 13.7. The fourth-order valence-electron chi connectivity index (χ4n) is 1.27. The van der Waals surface area contributed by atoms with Crippen molar-refractivity contribution in [3.8, 4) is 5.75 Å². The number of carbonyl (C=O) groups excluding carboxylic acids is 2. The summed E-state index contributed by atoms with van der Waals surface area (Å²) in [6.45, 7) is 3.39. The lowest BCUT2D eigenvalue weighted by Crippen LogP contribution is -2.44. The van der Waals surface area contributed by atoms with Crippen LogP contribution in [0.5, 0.6) is 5.75 Å². The molecule has 3 amide bonds. The Balaban J connectivity index is 2.66. The van der Waals surface area contributed by atoms with E-state index in [9.17, 15) is 9.59 Å². The van der Waals surface area contributed by atoms with E-state index in [4.69, 9.17) is 16.3 Å². The third-order valence-corrected chi connectivity index (χ3v) is 2.51. The number of halogens is 1. The van der Waals surface area contributed by atoms with Crippen molar-refractivity contribution in [2.24, 2.45) is 0 Å². The highest BCUT2D eigenvalue weighted by molar-refractivity contribution is 6.30. The largest absolute Gasteiger partial charge is 0.481 e. The van der Waals surface area contributed by atoms with Gasteiger partial charge in [0.2, 0.25) is 0 Å².